The number of alkyl halides is 1. The van der Waals surface area contributed by atoms with Crippen LogP contribution in [0.5, 0.6) is 0 Å². The van der Waals surface area contributed by atoms with E-state index in [2.05, 4.69) is 19.2 Å². The Morgan fingerprint density at radius 1 is 1.28 bits per heavy atom. The summed E-state index contributed by atoms with van der Waals surface area (Å²) in [6.45, 7) is 5.64. The summed E-state index contributed by atoms with van der Waals surface area (Å²) >= 11 is 6.07. The molecule has 0 atom stereocenters. The number of rotatable bonds is 7. The van der Waals surface area contributed by atoms with Crippen LogP contribution >= 0.6 is 11.6 Å². The van der Waals surface area contributed by atoms with Crippen LogP contribution in [0.1, 0.15) is 52.4 Å². The molecule has 0 bridgehead atoms. The van der Waals surface area contributed by atoms with Gasteiger partial charge in [0.25, 0.3) is 0 Å². The molecular formula is C14H26ClNO2. The molecule has 0 aromatic rings. The van der Waals surface area contributed by atoms with Crippen molar-refractivity contribution in [2.75, 3.05) is 19.1 Å². The lowest BCUT2D eigenvalue weighted by Crippen LogP contribution is -2.55. The molecule has 0 aromatic heterocycles. The molecule has 0 saturated carbocycles. The molecule has 1 fully saturated rings. The molecule has 0 aromatic carbocycles. The maximum Gasteiger partial charge on any atom is 0.223 e. The molecule has 1 N–H and O–H groups in total. The van der Waals surface area contributed by atoms with Gasteiger partial charge in [0.2, 0.25) is 5.91 Å². The zero-order valence-corrected chi connectivity index (χ0v) is 12.4. The lowest BCUT2D eigenvalue weighted by Gasteiger charge is -2.37. The van der Waals surface area contributed by atoms with Crippen molar-refractivity contribution >= 4 is 17.5 Å². The summed E-state index contributed by atoms with van der Waals surface area (Å²) in [5, 5.41) is 3.20. The van der Waals surface area contributed by atoms with E-state index in [1.807, 2.05) is 0 Å². The van der Waals surface area contributed by atoms with Crippen molar-refractivity contribution in [1.29, 1.82) is 0 Å². The quantitative estimate of drug-likeness (QED) is 0.725. The Morgan fingerprint density at radius 3 is 2.28 bits per heavy atom. The van der Waals surface area contributed by atoms with Crippen LogP contribution in [0.25, 0.3) is 0 Å². The van der Waals surface area contributed by atoms with Crippen LogP contribution in [-0.4, -0.2) is 30.5 Å². The lowest BCUT2D eigenvalue weighted by molar-refractivity contribution is -0.128. The summed E-state index contributed by atoms with van der Waals surface area (Å²) in [4.78, 5) is 12.3. The second-order valence-corrected chi connectivity index (χ2v) is 5.56. The molecule has 18 heavy (non-hydrogen) atoms. The molecule has 0 unspecified atom stereocenters. The number of carbonyl (C=O) groups excluding carboxylic acids is 1. The van der Waals surface area contributed by atoms with Gasteiger partial charge in [0.05, 0.1) is 5.54 Å². The van der Waals surface area contributed by atoms with E-state index in [0.29, 0.717) is 19.1 Å². The van der Waals surface area contributed by atoms with Gasteiger partial charge in [-0.3, -0.25) is 4.79 Å². The van der Waals surface area contributed by atoms with E-state index in [4.69, 9.17) is 16.3 Å². The van der Waals surface area contributed by atoms with E-state index in [9.17, 15) is 4.79 Å². The van der Waals surface area contributed by atoms with Gasteiger partial charge in [-0.15, -0.1) is 11.6 Å². The number of halogens is 1. The summed E-state index contributed by atoms with van der Waals surface area (Å²) in [6, 6.07) is 0. The maximum atomic E-state index is 12.3. The fourth-order valence-corrected chi connectivity index (χ4v) is 2.86. The fraction of sp³-hybridized carbons (Fsp3) is 0.929. The lowest BCUT2D eigenvalue weighted by atomic mass is 9.89. The standard InChI is InChI=1S/C14H26ClNO2/c1-3-5-12(6-4-2)13(17)16-14(11-15)7-9-18-10-8-14/h12H,3-11H2,1-2H3,(H,16,17). The molecule has 1 amide bonds. The SMILES string of the molecule is CCCC(CCC)C(=O)NC1(CCl)CCOCC1. The molecule has 0 spiro atoms. The summed E-state index contributed by atoms with van der Waals surface area (Å²) in [5.41, 5.74) is -0.239. The van der Waals surface area contributed by atoms with E-state index in [0.717, 1.165) is 38.5 Å². The monoisotopic (exact) mass is 275 g/mol. The van der Waals surface area contributed by atoms with E-state index in [1.165, 1.54) is 0 Å². The third-order valence-electron chi connectivity index (χ3n) is 3.74. The van der Waals surface area contributed by atoms with Gasteiger partial charge in [-0.1, -0.05) is 26.7 Å². The van der Waals surface area contributed by atoms with Crippen molar-refractivity contribution in [3.63, 3.8) is 0 Å². The average molecular weight is 276 g/mol. The topological polar surface area (TPSA) is 38.3 Å². The van der Waals surface area contributed by atoms with Gasteiger partial charge in [0.1, 0.15) is 0 Å². The predicted molar refractivity (Wildman–Crippen MR) is 75.0 cm³/mol. The van der Waals surface area contributed by atoms with E-state index >= 15 is 0 Å². The van der Waals surface area contributed by atoms with E-state index < -0.39 is 0 Å². The van der Waals surface area contributed by atoms with Gasteiger partial charge >= 0.3 is 0 Å². The van der Waals surface area contributed by atoms with Crippen LogP contribution in [0.15, 0.2) is 0 Å². The predicted octanol–water partition coefficient (Wildman–Crippen LogP) is 3.11. The molecule has 4 heteroatoms. The Bertz CT molecular complexity index is 246. The van der Waals surface area contributed by atoms with Gasteiger partial charge in [-0.25, -0.2) is 0 Å². The number of ether oxygens (including phenoxy) is 1. The first-order valence-electron chi connectivity index (χ1n) is 7.13. The highest BCUT2D eigenvalue weighted by Crippen LogP contribution is 2.24. The van der Waals surface area contributed by atoms with Gasteiger partial charge < -0.3 is 10.1 Å². The van der Waals surface area contributed by atoms with Crippen molar-refractivity contribution < 1.29 is 9.53 Å². The first-order valence-corrected chi connectivity index (χ1v) is 7.66. The minimum Gasteiger partial charge on any atom is -0.381 e. The molecule has 1 saturated heterocycles. The summed E-state index contributed by atoms with van der Waals surface area (Å²) < 4.78 is 5.35. The molecule has 0 radical (unpaired) electrons. The Morgan fingerprint density at radius 2 is 1.83 bits per heavy atom. The molecule has 3 nitrogen and oxygen atoms in total. The molecule has 106 valence electrons. The van der Waals surface area contributed by atoms with E-state index in [1.54, 1.807) is 0 Å². The van der Waals surface area contributed by atoms with Crippen LogP contribution in [0.3, 0.4) is 0 Å². The largest absolute Gasteiger partial charge is 0.381 e. The number of amides is 1. The molecule has 0 aliphatic carbocycles. The Hall–Kier alpha value is -0.280. The number of carbonyl (C=O) groups is 1. The molecular weight excluding hydrogens is 250 g/mol. The second-order valence-electron chi connectivity index (χ2n) is 5.29. The molecule has 1 aliphatic heterocycles. The molecule has 1 heterocycles. The summed E-state index contributed by atoms with van der Waals surface area (Å²) in [5.74, 6) is 0.803. The Balaban J connectivity index is 2.58. The third kappa shape index (κ3) is 4.43. The van der Waals surface area contributed by atoms with Gasteiger partial charge in [-0.05, 0) is 25.7 Å². The van der Waals surface area contributed by atoms with Crippen molar-refractivity contribution in [1.82, 2.24) is 5.32 Å². The van der Waals surface area contributed by atoms with Gasteiger partial charge in [0.15, 0.2) is 0 Å². The number of hydrogen-bond acceptors (Lipinski definition) is 2. The summed E-state index contributed by atoms with van der Waals surface area (Å²) in [6.07, 6.45) is 5.69. The van der Waals surface area contributed by atoms with Crippen molar-refractivity contribution in [2.24, 2.45) is 5.92 Å². The van der Waals surface area contributed by atoms with Crippen LogP contribution in [0.4, 0.5) is 0 Å². The summed E-state index contributed by atoms with van der Waals surface area (Å²) in [7, 11) is 0. The normalized spacial score (nSPS) is 18.9. The average Bonchev–Trinajstić information content (AvgIpc) is 2.39. The zero-order chi connectivity index (χ0) is 13.4. The maximum absolute atomic E-state index is 12.3. The number of hydrogen-bond donors (Lipinski definition) is 1. The van der Waals surface area contributed by atoms with E-state index in [-0.39, 0.29) is 17.4 Å². The number of nitrogens with one attached hydrogen (secondary N) is 1. The smallest absolute Gasteiger partial charge is 0.223 e. The van der Waals surface area contributed by atoms with Crippen molar-refractivity contribution in [3.05, 3.63) is 0 Å². The van der Waals surface area contributed by atoms with Crippen LogP contribution in [0, 0.1) is 5.92 Å². The molecule has 1 rings (SSSR count). The van der Waals surface area contributed by atoms with Crippen molar-refractivity contribution in [3.8, 4) is 0 Å². The van der Waals surface area contributed by atoms with Crippen LogP contribution < -0.4 is 5.32 Å². The highest BCUT2D eigenvalue weighted by atomic mass is 35.5. The van der Waals surface area contributed by atoms with Crippen LogP contribution in [-0.2, 0) is 9.53 Å². The molecule has 1 aliphatic rings. The van der Waals surface area contributed by atoms with Gasteiger partial charge in [0, 0.05) is 25.0 Å². The van der Waals surface area contributed by atoms with Crippen molar-refractivity contribution in [2.45, 2.75) is 57.9 Å². The highest BCUT2D eigenvalue weighted by Gasteiger charge is 2.34. The Kier molecular flexibility index (Phi) is 7.02. The Labute approximate surface area is 116 Å². The fourth-order valence-electron chi connectivity index (χ4n) is 2.52. The van der Waals surface area contributed by atoms with Gasteiger partial charge in [-0.2, -0.15) is 0 Å². The second kappa shape index (κ2) is 8.00. The zero-order valence-electron chi connectivity index (χ0n) is 11.6. The minimum atomic E-state index is -0.239. The first-order chi connectivity index (χ1) is 8.67. The first kappa shape index (κ1) is 15.8. The highest BCUT2D eigenvalue weighted by molar-refractivity contribution is 6.18. The third-order valence-corrected chi connectivity index (χ3v) is 4.25. The minimum absolute atomic E-state index is 0.142. The van der Waals surface area contributed by atoms with Crippen LogP contribution in [0.2, 0.25) is 0 Å².